The zero-order valence-corrected chi connectivity index (χ0v) is 17.6. The van der Waals surface area contributed by atoms with E-state index in [4.69, 9.17) is 19.4 Å². The minimum atomic E-state index is -0.334. The molecule has 5 rings (SSSR count). The molecule has 2 aliphatic heterocycles. The van der Waals surface area contributed by atoms with Crippen LogP contribution in [0.15, 0.2) is 42.6 Å². The molecule has 0 spiro atoms. The van der Waals surface area contributed by atoms with Gasteiger partial charge in [-0.15, -0.1) is 0 Å². The highest BCUT2D eigenvalue weighted by atomic mass is 19.1. The number of aromatic nitrogens is 3. The summed E-state index contributed by atoms with van der Waals surface area (Å²) in [5.74, 6) is 1.27. The Morgan fingerprint density at radius 1 is 1.10 bits per heavy atom. The predicted molar refractivity (Wildman–Crippen MR) is 115 cm³/mol. The number of rotatable bonds is 5. The van der Waals surface area contributed by atoms with Gasteiger partial charge in [0.05, 0.1) is 24.5 Å². The number of hydrogen-bond acceptors (Lipinski definition) is 6. The highest BCUT2D eigenvalue weighted by Crippen LogP contribution is 2.32. The summed E-state index contributed by atoms with van der Waals surface area (Å²) in [5.41, 5.74) is 3.23. The van der Waals surface area contributed by atoms with Crippen LogP contribution in [-0.4, -0.2) is 52.3 Å². The van der Waals surface area contributed by atoms with Gasteiger partial charge >= 0.3 is 0 Å². The lowest BCUT2D eigenvalue weighted by Crippen LogP contribution is -2.38. The first kappa shape index (κ1) is 20.0. The lowest BCUT2D eigenvalue weighted by atomic mass is 10.1. The summed E-state index contributed by atoms with van der Waals surface area (Å²) in [6, 6.07) is 10.4. The van der Waals surface area contributed by atoms with Gasteiger partial charge < -0.3 is 18.9 Å². The van der Waals surface area contributed by atoms with E-state index in [1.807, 2.05) is 0 Å². The summed E-state index contributed by atoms with van der Waals surface area (Å²) in [7, 11) is 2.06. The van der Waals surface area contributed by atoms with Crippen molar-refractivity contribution in [1.82, 2.24) is 19.4 Å². The number of anilines is 1. The zero-order chi connectivity index (χ0) is 21.2. The van der Waals surface area contributed by atoms with E-state index in [1.54, 1.807) is 12.1 Å². The molecule has 1 fully saturated rings. The van der Waals surface area contributed by atoms with Crippen molar-refractivity contribution in [3.8, 4) is 11.6 Å². The Hall–Kier alpha value is -2.97. The van der Waals surface area contributed by atoms with E-state index in [0.29, 0.717) is 37.3 Å². The van der Waals surface area contributed by atoms with Crippen LogP contribution in [0.25, 0.3) is 0 Å². The molecule has 8 heteroatoms. The molecule has 1 aromatic carbocycles. The van der Waals surface area contributed by atoms with Crippen molar-refractivity contribution in [2.45, 2.75) is 19.5 Å². The van der Waals surface area contributed by atoms with Gasteiger partial charge in [0.2, 0.25) is 11.8 Å². The van der Waals surface area contributed by atoms with Gasteiger partial charge in [-0.25, -0.2) is 9.37 Å². The maximum atomic E-state index is 13.7. The third-order valence-corrected chi connectivity index (χ3v) is 5.83. The van der Waals surface area contributed by atoms with E-state index in [2.05, 4.69) is 39.7 Å². The highest BCUT2D eigenvalue weighted by Gasteiger charge is 2.26. The van der Waals surface area contributed by atoms with Crippen molar-refractivity contribution in [2.24, 2.45) is 7.05 Å². The first-order valence-electron chi connectivity index (χ1n) is 10.6. The number of benzene rings is 1. The second-order valence-electron chi connectivity index (χ2n) is 7.98. The van der Waals surface area contributed by atoms with E-state index in [0.717, 1.165) is 43.9 Å². The summed E-state index contributed by atoms with van der Waals surface area (Å²) < 4.78 is 27.5. The maximum absolute atomic E-state index is 13.7. The summed E-state index contributed by atoms with van der Waals surface area (Å²) in [4.78, 5) is 14.1. The second-order valence-corrected chi connectivity index (χ2v) is 7.98. The Bertz CT molecular complexity index is 1060. The highest BCUT2D eigenvalue weighted by molar-refractivity contribution is 5.43. The van der Waals surface area contributed by atoms with Gasteiger partial charge in [-0.05, 0) is 24.3 Å². The quantitative estimate of drug-likeness (QED) is 0.629. The van der Waals surface area contributed by atoms with Crippen molar-refractivity contribution in [3.05, 3.63) is 65.4 Å². The Kier molecular flexibility index (Phi) is 5.57. The predicted octanol–water partition coefficient (Wildman–Crippen LogP) is 3.14. The van der Waals surface area contributed by atoms with Gasteiger partial charge in [0.25, 0.3) is 0 Å². The fourth-order valence-electron chi connectivity index (χ4n) is 4.08. The Morgan fingerprint density at radius 3 is 2.74 bits per heavy atom. The summed E-state index contributed by atoms with van der Waals surface area (Å²) in [5, 5.41) is 0. The first-order valence-corrected chi connectivity index (χ1v) is 10.6. The molecule has 0 aliphatic carbocycles. The fraction of sp³-hybridized carbons (Fsp3) is 0.391. The number of halogens is 1. The van der Waals surface area contributed by atoms with Crippen molar-refractivity contribution in [1.29, 1.82) is 0 Å². The number of ether oxygens (including phenoxy) is 2. The molecule has 162 valence electrons. The molecular formula is C23H26FN5O2. The molecule has 31 heavy (non-hydrogen) atoms. The number of hydrogen-bond donors (Lipinski definition) is 0. The van der Waals surface area contributed by atoms with E-state index in [9.17, 15) is 4.39 Å². The molecular weight excluding hydrogens is 397 g/mol. The Morgan fingerprint density at radius 2 is 1.97 bits per heavy atom. The van der Waals surface area contributed by atoms with E-state index in [-0.39, 0.29) is 5.82 Å². The molecule has 0 N–H and O–H groups in total. The summed E-state index contributed by atoms with van der Waals surface area (Å²) in [6.07, 6.45) is 2.88. The van der Waals surface area contributed by atoms with Crippen molar-refractivity contribution in [2.75, 3.05) is 37.7 Å². The van der Waals surface area contributed by atoms with Crippen LogP contribution in [-0.2, 0) is 31.3 Å². The maximum Gasteiger partial charge on any atom is 0.229 e. The average molecular weight is 423 g/mol. The molecule has 0 amide bonds. The molecule has 7 nitrogen and oxygen atoms in total. The third kappa shape index (κ3) is 4.40. The molecule has 0 radical (unpaired) electrons. The van der Waals surface area contributed by atoms with Crippen LogP contribution in [0, 0.1) is 5.82 Å². The van der Waals surface area contributed by atoms with Gasteiger partial charge in [0.1, 0.15) is 11.6 Å². The molecule has 1 saturated heterocycles. The van der Waals surface area contributed by atoms with Crippen LogP contribution in [0.2, 0.25) is 0 Å². The van der Waals surface area contributed by atoms with Crippen LogP contribution in [0.4, 0.5) is 10.3 Å². The molecule has 2 aromatic heterocycles. The zero-order valence-electron chi connectivity index (χ0n) is 17.6. The van der Waals surface area contributed by atoms with Gasteiger partial charge in [-0.3, -0.25) is 4.90 Å². The summed E-state index contributed by atoms with van der Waals surface area (Å²) in [6.45, 7) is 5.25. The normalized spacial score (nSPS) is 16.9. The van der Waals surface area contributed by atoms with Crippen LogP contribution in [0.3, 0.4) is 0 Å². The van der Waals surface area contributed by atoms with E-state index < -0.39 is 0 Å². The number of fused-ring (bicyclic) bond motifs is 1. The minimum Gasteiger partial charge on any atom is -0.438 e. The van der Waals surface area contributed by atoms with Crippen LogP contribution in [0.1, 0.15) is 17.0 Å². The number of morpholine rings is 1. The molecule has 0 saturated carbocycles. The number of nitrogens with zero attached hydrogens (tertiary/aromatic N) is 5. The monoisotopic (exact) mass is 423 g/mol. The molecule has 3 aromatic rings. The van der Waals surface area contributed by atoms with E-state index in [1.165, 1.54) is 17.8 Å². The fourth-order valence-corrected chi connectivity index (χ4v) is 4.08. The largest absolute Gasteiger partial charge is 0.438 e. The van der Waals surface area contributed by atoms with Gasteiger partial charge in [-0.1, -0.05) is 6.07 Å². The first-order chi connectivity index (χ1) is 15.2. The molecule has 2 aliphatic rings. The van der Waals surface area contributed by atoms with E-state index >= 15 is 0 Å². The van der Waals surface area contributed by atoms with Crippen molar-refractivity contribution in [3.63, 3.8) is 0 Å². The van der Waals surface area contributed by atoms with Gasteiger partial charge in [0.15, 0.2) is 0 Å². The summed E-state index contributed by atoms with van der Waals surface area (Å²) >= 11 is 0. The standard InChI is InChI=1S/C23H26FN5O2/c1-27-8-3-5-18(27)15-28-9-7-21-20(16-28)22(31-19-6-2-4-17(24)14-19)26-23(25-21)29-10-12-30-13-11-29/h2-6,8,14H,7,9-13,15-16H2,1H3. The topological polar surface area (TPSA) is 55.7 Å². The van der Waals surface area contributed by atoms with Gasteiger partial charge in [0, 0.05) is 64.1 Å². The molecule has 0 bridgehead atoms. The third-order valence-electron chi connectivity index (χ3n) is 5.83. The minimum absolute atomic E-state index is 0.334. The average Bonchev–Trinajstić information content (AvgIpc) is 3.19. The molecule has 4 heterocycles. The number of aryl methyl sites for hydroxylation is 1. The Balaban J connectivity index is 1.46. The lowest BCUT2D eigenvalue weighted by molar-refractivity contribution is 0.122. The van der Waals surface area contributed by atoms with Crippen LogP contribution in [0.5, 0.6) is 11.6 Å². The van der Waals surface area contributed by atoms with Gasteiger partial charge in [-0.2, -0.15) is 4.98 Å². The lowest BCUT2D eigenvalue weighted by Gasteiger charge is -2.31. The van der Waals surface area contributed by atoms with Crippen LogP contribution < -0.4 is 9.64 Å². The molecule has 0 unspecified atom stereocenters. The second kappa shape index (κ2) is 8.64. The smallest absolute Gasteiger partial charge is 0.229 e. The van der Waals surface area contributed by atoms with Crippen molar-refractivity contribution < 1.29 is 13.9 Å². The van der Waals surface area contributed by atoms with Crippen LogP contribution >= 0.6 is 0 Å². The SMILES string of the molecule is Cn1cccc1CN1CCc2nc(N3CCOCC3)nc(Oc3cccc(F)c3)c2C1. The van der Waals surface area contributed by atoms with Crippen molar-refractivity contribution >= 4 is 5.95 Å². The Labute approximate surface area is 181 Å². The molecule has 0 atom stereocenters.